The normalized spacial score (nSPS) is 10.6. The smallest absolute Gasteiger partial charge is 0.374 e. The van der Waals surface area contributed by atoms with Crippen LogP contribution >= 0.6 is 0 Å². The standard InChI is InChI=1S/C19H17NO4/c1-12-4-3-5-13(2)18(12)23-11-14-6-8-15(9-7-14)16-10-17(19(21)22)24-20-16/h3-10H,11H2,1-2H3,(H,21,22). The summed E-state index contributed by atoms with van der Waals surface area (Å²) in [7, 11) is 0. The second kappa shape index (κ2) is 6.58. The Morgan fingerprint density at radius 2 is 1.79 bits per heavy atom. The van der Waals surface area contributed by atoms with Crippen molar-refractivity contribution in [3.8, 4) is 17.0 Å². The Morgan fingerprint density at radius 3 is 2.38 bits per heavy atom. The van der Waals surface area contributed by atoms with E-state index in [2.05, 4.69) is 5.16 Å². The maximum atomic E-state index is 10.8. The van der Waals surface area contributed by atoms with Crippen LogP contribution < -0.4 is 4.74 Å². The van der Waals surface area contributed by atoms with Crippen molar-refractivity contribution in [1.82, 2.24) is 5.16 Å². The van der Waals surface area contributed by atoms with Crippen LogP contribution in [0.2, 0.25) is 0 Å². The number of aromatic nitrogens is 1. The highest BCUT2D eigenvalue weighted by Crippen LogP contribution is 2.24. The van der Waals surface area contributed by atoms with E-state index in [9.17, 15) is 4.79 Å². The van der Waals surface area contributed by atoms with Gasteiger partial charge in [-0.3, -0.25) is 0 Å². The van der Waals surface area contributed by atoms with E-state index in [1.165, 1.54) is 6.07 Å². The predicted octanol–water partition coefficient (Wildman–Crippen LogP) is 4.24. The van der Waals surface area contributed by atoms with E-state index in [1.807, 2.05) is 56.3 Å². The summed E-state index contributed by atoms with van der Waals surface area (Å²) in [5, 5.41) is 12.6. The maximum Gasteiger partial charge on any atom is 0.374 e. The van der Waals surface area contributed by atoms with Crippen LogP contribution in [0.5, 0.6) is 5.75 Å². The SMILES string of the molecule is Cc1cccc(C)c1OCc1ccc(-c2cc(C(=O)O)on2)cc1. The van der Waals surface area contributed by atoms with E-state index in [4.69, 9.17) is 14.4 Å². The third-order valence-corrected chi connectivity index (χ3v) is 3.76. The molecule has 0 fully saturated rings. The topological polar surface area (TPSA) is 72.6 Å². The van der Waals surface area contributed by atoms with Gasteiger partial charge in [0.15, 0.2) is 0 Å². The predicted molar refractivity (Wildman–Crippen MR) is 89.1 cm³/mol. The minimum atomic E-state index is -1.13. The number of aryl methyl sites for hydroxylation is 2. The fourth-order valence-electron chi connectivity index (χ4n) is 2.47. The minimum Gasteiger partial charge on any atom is -0.488 e. The average Bonchev–Trinajstić information content (AvgIpc) is 3.05. The molecule has 0 atom stereocenters. The third-order valence-electron chi connectivity index (χ3n) is 3.76. The third kappa shape index (κ3) is 3.30. The van der Waals surface area contributed by atoms with E-state index >= 15 is 0 Å². The number of nitrogens with zero attached hydrogens (tertiary/aromatic N) is 1. The molecule has 0 radical (unpaired) electrons. The number of carboxylic acid groups (broad SMARTS) is 1. The van der Waals surface area contributed by atoms with Gasteiger partial charge in [-0.05, 0) is 30.5 Å². The highest BCUT2D eigenvalue weighted by atomic mass is 16.5. The van der Waals surface area contributed by atoms with Gasteiger partial charge in [0.05, 0.1) is 0 Å². The van der Waals surface area contributed by atoms with Crippen LogP contribution in [0, 0.1) is 13.8 Å². The van der Waals surface area contributed by atoms with Gasteiger partial charge in [0.1, 0.15) is 18.1 Å². The summed E-state index contributed by atoms with van der Waals surface area (Å²) in [5.41, 5.74) is 4.52. The average molecular weight is 323 g/mol. The monoisotopic (exact) mass is 323 g/mol. The zero-order valence-corrected chi connectivity index (χ0v) is 13.4. The van der Waals surface area contributed by atoms with Gasteiger partial charge < -0.3 is 14.4 Å². The number of para-hydroxylation sites is 1. The van der Waals surface area contributed by atoms with Gasteiger partial charge in [-0.2, -0.15) is 0 Å². The molecular formula is C19H17NO4. The first-order valence-corrected chi connectivity index (χ1v) is 7.53. The fraction of sp³-hybridized carbons (Fsp3) is 0.158. The molecule has 1 heterocycles. The number of carboxylic acids is 1. The second-order valence-corrected chi connectivity index (χ2v) is 5.59. The molecule has 122 valence electrons. The van der Waals surface area contributed by atoms with E-state index in [1.54, 1.807) is 0 Å². The molecule has 3 rings (SSSR count). The van der Waals surface area contributed by atoms with Gasteiger partial charge in [-0.25, -0.2) is 4.79 Å². The van der Waals surface area contributed by atoms with Crippen molar-refractivity contribution in [1.29, 1.82) is 0 Å². The lowest BCUT2D eigenvalue weighted by molar-refractivity contribution is 0.0652. The molecule has 2 aromatic carbocycles. The fourth-order valence-corrected chi connectivity index (χ4v) is 2.47. The van der Waals surface area contributed by atoms with Crippen LogP contribution in [-0.2, 0) is 6.61 Å². The van der Waals surface area contributed by atoms with Gasteiger partial charge in [-0.1, -0.05) is 47.6 Å². The molecule has 0 aliphatic carbocycles. The zero-order valence-electron chi connectivity index (χ0n) is 13.4. The molecule has 0 unspecified atom stereocenters. The highest BCUT2D eigenvalue weighted by molar-refractivity contribution is 5.85. The summed E-state index contributed by atoms with van der Waals surface area (Å²) in [6.45, 7) is 4.51. The lowest BCUT2D eigenvalue weighted by Gasteiger charge is -2.12. The molecule has 0 aliphatic rings. The molecule has 1 N–H and O–H groups in total. The Kier molecular flexibility index (Phi) is 4.33. The largest absolute Gasteiger partial charge is 0.488 e. The van der Waals surface area contributed by atoms with Gasteiger partial charge in [0, 0.05) is 11.6 Å². The molecule has 1 aromatic heterocycles. The van der Waals surface area contributed by atoms with Gasteiger partial charge in [0.25, 0.3) is 0 Å². The van der Waals surface area contributed by atoms with Crippen molar-refractivity contribution in [3.05, 3.63) is 71.0 Å². The van der Waals surface area contributed by atoms with Crippen LogP contribution in [0.1, 0.15) is 27.2 Å². The molecular weight excluding hydrogens is 306 g/mol. The summed E-state index contributed by atoms with van der Waals surface area (Å²) in [6, 6.07) is 15.1. The Hall–Kier alpha value is -3.08. The van der Waals surface area contributed by atoms with Crippen LogP contribution in [0.15, 0.2) is 53.1 Å². The van der Waals surface area contributed by atoms with E-state index < -0.39 is 5.97 Å². The maximum absolute atomic E-state index is 10.8. The van der Waals surface area contributed by atoms with Crippen molar-refractivity contribution >= 4 is 5.97 Å². The van der Waals surface area contributed by atoms with Crippen LogP contribution in [-0.4, -0.2) is 16.2 Å². The first-order valence-electron chi connectivity index (χ1n) is 7.53. The lowest BCUT2D eigenvalue weighted by atomic mass is 10.1. The van der Waals surface area contributed by atoms with Crippen molar-refractivity contribution in [3.63, 3.8) is 0 Å². The lowest BCUT2D eigenvalue weighted by Crippen LogP contribution is -1.98. The second-order valence-electron chi connectivity index (χ2n) is 5.59. The number of ether oxygens (including phenoxy) is 1. The summed E-state index contributed by atoms with van der Waals surface area (Å²) in [6.07, 6.45) is 0. The quantitative estimate of drug-likeness (QED) is 0.760. The molecule has 5 nitrogen and oxygen atoms in total. The molecule has 0 spiro atoms. The number of hydrogen-bond donors (Lipinski definition) is 1. The number of carbonyl (C=O) groups is 1. The number of aromatic carboxylic acids is 1. The van der Waals surface area contributed by atoms with Crippen molar-refractivity contribution in [2.45, 2.75) is 20.5 Å². The number of benzene rings is 2. The first-order chi connectivity index (χ1) is 11.5. The summed E-state index contributed by atoms with van der Waals surface area (Å²) in [4.78, 5) is 10.8. The summed E-state index contributed by atoms with van der Waals surface area (Å²) < 4.78 is 10.7. The zero-order chi connectivity index (χ0) is 17.1. The summed E-state index contributed by atoms with van der Waals surface area (Å²) >= 11 is 0. The molecule has 0 amide bonds. The Labute approximate surface area is 139 Å². The molecule has 24 heavy (non-hydrogen) atoms. The van der Waals surface area contributed by atoms with Crippen molar-refractivity contribution in [2.75, 3.05) is 0 Å². The van der Waals surface area contributed by atoms with Gasteiger partial charge in [-0.15, -0.1) is 0 Å². The highest BCUT2D eigenvalue weighted by Gasteiger charge is 2.12. The molecule has 0 bridgehead atoms. The Balaban J connectivity index is 1.71. The summed E-state index contributed by atoms with van der Waals surface area (Å²) in [5.74, 6) is -0.399. The van der Waals surface area contributed by atoms with E-state index in [-0.39, 0.29) is 5.76 Å². The van der Waals surface area contributed by atoms with Gasteiger partial charge >= 0.3 is 5.97 Å². The van der Waals surface area contributed by atoms with Crippen molar-refractivity contribution < 1.29 is 19.2 Å². The van der Waals surface area contributed by atoms with Gasteiger partial charge in [0.2, 0.25) is 5.76 Å². The van der Waals surface area contributed by atoms with E-state index in [0.29, 0.717) is 12.3 Å². The number of hydrogen-bond acceptors (Lipinski definition) is 4. The Bertz CT molecular complexity index is 845. The molecule has 0 saturated carbocycles. The van der Waals surface area contributed by atoms with Crippen LogP contribution in [0.3, 0.4) is 0 Å². The van der Waals surface area contributed by atoms with E-state index in [0.717, 1.165) is 28.0 Å². The minimum absolute atomic E-state index is 0.174. The molecule has 3 aromatic rings. The van der Waals surface area contributed by atoms with Crippen LogP contribution in [0.25, 0.3) is 11.3 Å². The number of rotatable bonds is 5. The Morgan fingerprint density at radius 1 is 1.12 bits per heavy atom. The van der Waals surface area contributed by atoms with Crippen LogP contribution in [0.4, 0.5) is 0 Å². The molecule has 0 aliphatic heterocycles. The molecule has 5 heteroatoms. The molecule has 0 saturated heterocycles. The van der Waals surface area contributed by atoms with Crippen molar-refractivity contribution in [2.24, 2.45) is 0 Å². The first kappa shape index (κ1) is 15.8.